The van der Waals surface area contributed by atoms with E-state index in [-0.39, 0.29) is 17.9 Å². The highest BCUT2D eigenvalue weighted by atomic mass is 16.6. The second-order valence-corrected chi connectivity index (χ2v) is 8.22. The fraction of sp³-hybridized carbons (Fsp3) is 0.417. The van der Waals surface area contributed by atoms with Gasteiger partial charge >= 0.3 is 6.09 Å². The van der Waals surface area contributed by atoms with E-state index in [9.17, 15) is 9.59 Å². The third kappa shape index (κ3) is 4.49. The van der Waals surface area contributed by atoms with Gasteiger partial charge in [0.05, 0.1) is 5.92 Å². The maximum atomic E-state index is 12.7. The second kappa shape index (κ2) is 8.88. The molecule has 0 radical (unpaired) electrons. The van der Waals surface area contributed by atoms with Crippen LogP contribution in [0.1, 0.15) is 19.8 Å². The zero-order valence-corrected chi connectivity index (χ0v) is 17.6. The Kier molecular flexibility index (Phi) is 6.04. The summed E-state index contributed by atoms with van der Waals surface area (Å²) in [5, 5.41) is 3.09. The molecule has 6 heteroatoms. The zero-order chi connectivity index (χ0) is 21.1. The number of benzene rings is 2. The van der Waals surface area contributed by atoms with E-state index in [4.69, 9.17) is 4.74 Å². The molecule has 6 nitrogen and oxygen atoms in total. The van der Waals surface area contributed by atoms with Gasteiger partial charge in [-0.15, -0.1) is 0 Å². The molecular formula is C24H29N3O3. The highest BCUT2D eigenvalue weighted by molar-refractivity contribution is 5.93. The number of ether oxygens (including phenoxy) is 1. The van der Waals surface area contributed by atoms with Crippen molar-refractivity contribution in [3.05, 3.63) is 48.5 Å². The zero-order valence-electron chi connectivity index (χ0n) is 17.6. The second-order valence-electron chi connectivity index (χ2n) is 8.22. The van der Waals surface area contributed by atoms with Crippen molar-refractivity contribution in [3.8, 4) is 16.9 Å². The summed E-state index contributed by atoms with van der Waals surface area (Å²) in [7, 11) is 1.70. The third-order valence-corrected chi connectivity index (χ3v) is 6.32. The summed E-state index contributed by atoms with van der Waals surface area (Å²) in [6.45, 7) is 5.65. The molecule has 30 heavy (non-hydrogen) atoms. The highest BCUT2D eigenvalue weighted by Crippen LogP contribution is 2.33. The van der Waals surface area contributed by atoms with Crippen LogP contribution >= 0.6 is 0 Å². The van der Waals surface area contributed by atoms with E-state index in [0.717, 1.165) is 49.3 Å². The predicted molar refractivity (Wildman–Crippen MR) is 117 cm³/mol. The van der Waals surface area contributed by atoms with Crippen LogP contribution in [0, 0.1) is 11.8 Å². The number of nitrogens with zero attached hydrogens (tertiary/aromatic N) is 2. The number of hydrogen-bond donors (Lipinski definition) is 1. The fourth-order valence-electron chi connectivity index (χ4n) is 4.27. The number of piperidine rings is 3. The standard InChI is InChI=1S/C24H29N3O3/c1-3-26(2)24(29)30-21-10-6-18(7-11-21)17-4-8-20(9-5-17)25-23(28)22-16-27-14-12-19(22)13-15-27/h4-11,19,22H,3,12-16H2,1-2H3,(H,25,28)/t22-/m0/s1. The van der Waals surface area contributed by atoms with Crippen molar-refractivity contribution in [3.63, 3.8) is 0 Å². The molecule has 1 atom stereocenters. The Balaban J connectivity index is 1.36. The molecular weight excluding hydrogens is 378 g/mol. The quantitative estimate of drug-likeness (QED) is 0.811. The van der Waals surface area contributed by atoms with Crippen LogP contribution in [0.15, 0.2) is 48.5 Å². The number of rotatable bonds is 5. The third-order valence-electron chi connectivity index (χ3n) is 6.32. The SMILES string of the molecule is CCN(C)C(=O)Oc1ccc(-c2ccc(NC(=O)[C@H]3CN4CCC3CC4)cc2)cc1. The van der Waals surface area contributed by atoms with Gasteiger partial charge in [0, 0.05) is 25.8 Å². The lowest BCUT2D eigenvalue weighted by molar-refractivity contribution is -0.125. The van der Waals surface area contributed by atoms with Gasteiger partial charge in [0.25, 0.3) is 0 Å². The predicted octanol–water partition coefficient (Wildman–Crippen LogP) is 4.08. The molecule has 3 fully saturated rings. The van der Waals surface area contributed by atoms with Crippen LogP contribution in [0.3, 0.4) is 0 Å². The van der Waals surface area contributed by atoms with Crippen LogP contribution in [0.4, 0.5) is 10.5 Å². The number of anilines is 1. The molecule has 158 valence electrons. The molecule has 0 unspecified atom stereocenters. The minimum Gasteiger partial charge on any atom is -0.410 e. The van der Waals surface area contributed by atoms with E-state index in [1.165, 1.54) is 4.90 Å². The molecule has 5 rings (SSSR count). The number of nitrogens with one attached hydrogen (secondary N) is 1. The van der Waals surface area contributed by atoms with E-state index in [1.54, 1.807) is 19.2 Å². The lowest BCUT2D eigenvalue weighted by atomic mass is 9.78. The highest BCUT2D eigenvalue weighted by Gasteiger charge is 2.38. The van der Waals surface area contributed by atoms with Crippen molar-refractivity contribution >= 4 is 17.7 Å². The topological polar surface area (TPSA) is 61.9 Å². The lowest BCUT2D eigenvalue weighted by Crippen LogP contribution is -2.51. The van der Waals surface area contributed by atoms with E-state index in [2.05, 4.69) is 10.2 Å². The largest absolute Gasteiger partial charge is 0.414 e. The Morgan fingerprint density at radius 1 is 1.03 bits per heavy atom. The minimum absolute atomic E-state index is 0.106. The van der Waals surface area contributed by atoms with Crippen LogP contribution < -0.4 is 10.1 Å². The van der Waals surface area contributed by atoms with Crippen molar-refractivity contribution in [2.45, 2.75) is 19.8 Å². The van der Waals surface area contributed by atoms with E-state index < -0.39 is 0 Å². The molecule has 2 bridgehead atoms. The summed E-state index contributed by atoms with van der Waals surface area (Å²) in [6.07, 6.45) is 1.90. The maximum Gasteiger partial charge on any atom is 0.414 e. The molecule has 0 aliphatic carbocycles. The van der Waals surface area contributed by atoms with Gasteiger partial charge in [-0.3, -0.25) is 4.79 Å². The molecule has 0 saturated carbocycles. The molecule has 0 aromatic heterocycles. The molecule has 1 N–H and O–H groups in total. The average molecular weight is 408 g/mol. The van der Waals surface area contributed by atoms with Crippen LogP contribution in [-0.4, -0.2) is 55.0 Å². The van der Waals surface area contributed by atoms with Crippen molar-refractivity contribution < 1.29 is 14.3 Å². The van der Waals surface area contributed by atoms with E-state index >= 15 is 0 Å². The summed E-state index contributed by atoms with van der Waals surface area (Å²) in [5.41, 5.74) is 2.89. The molecule has 3 aliphatic heterocycles. The summed E-state index contributed by atoms with van der Waals surface area (Å²) < 4.78 is 5.34. The molecule has 3 heterocycles. The van der Waals surface area contributed by atoms with Crippen LogP contribution in [0.2, 0.25) is 0 Å². The van der Waals surface area contributed by atoms with Crippen molar-refractivity contribution in [1.82, 2.24) is 9.80 Å². The van der Waals surface area contributed by atoms with Crippen LogP contribution in [-0.2, 0) is 4.79 Å². The van der Waals surface area contributed by atoms with Gasteiger partial charge < -0.3 is 19.9 Å². The molecule has 3 aliphatic rings. The van der Waals surface area contributed by atoms with Gasteiger partial charge in [0.2, 0.25) is 5.91 Å². The first-order valence-corrected chi connectivity index (χ1v) is 10.7. The van der Waals surface area contributed by atoms with Gasteiger partial charge in [0.15, 0.2) is 0 Å². The van der Waals surface area contributed by atoms with E-state index in [0.29, 0.717) is 18.2 Å². The maximum absolute atomic E-state index is 12.7. The number of amides is 2. The Bertz CT molecular complexity index is 887. The van der Waals surface area contributed by atoms with Gasteiger partial charge in [0.1, 0.15) is 5.75 Å². The van der Waals surface area contributed by atoms with Crippen molar-refractivity contribution in [2.75, 3.05) is 38.5 Å². The number of hydrogen-bond acceptors (Lipinski definition) is 4. The Morgan fingerprint density at radius 2 is 1.63 bits per heavy atom. The smallest absolute Gasteiger partial charge is 0.410 e. The summed E-state index contributed by atoms with van der Waals surface area (Å²) >= 11 is 0. The van der Waals surface area contributed by atoms with Gasteiger partial charge in [-0.2, -0.15) is 0 Å². The van der Waals surface area contributed by atoms with Gasteiger partial charge in [-0.25, -0.2) is 4.79 Å². The summed E-state index contributed by atoms with van der Waals surface area (Å²) in [6, 6.07) is 15.3. The van der Waals surface area contributed by atoms with Gasteiger partial charge in [-0.05, 0) is 74.2 Å². The fourth-order valence-corrected chi connectivity index (χ4v) is 4.27. The first kappa shape index (κ1) is 20.4. The molecule has 2 amide bonds. The average Bonchev–Trinajstić information content (AvgIpc) is 2.80. The van der Waals surface area contributed by atoms with Gasteiger partial charge in [-0.1, -0.05) is 24.3 Å². The van der Waals surface area contributed by atoms with Crippen LogP contribution in [0.5, 0.6) is 5.75 Å². The molecule has 2 aromatic carbocycles. The van der Waals surface area contributed by atoms with Crippen LogP contribution in [0.25, 0.3) is 11.1 Å². The summed E-state index contributed by atoms with van der Waals surface area (Å²) in [5.74, 6) is 1.29. The Morgan fingerprint density at radius 3 is 2.17 bits per heavy atom. The first-order chi connectivity index (χ1) is 14.5. The number of carbonyl (C=O) groups excluding carboxylic acids is 2. The minimum atomic E-state index is -0.367. The first-order valence-electron chi connectivity index (χ1n) is 10.7. The molecule has 3 saturated heterocycles. The normalized spacial score (nSPS) is 22.4. The van der Waals surface area contributed by atoms with E-state index in [1.807, 2.05) is 43.3 Å². The Hall–Kier alpha value is -2.86. The number of carbonyl (C=O) groups is 2. The molecule has 0 spiro atoms. The van der Waals surface area contributed by atoms with Crippen molar-refractivity contribution in [2.24, 2.45) is 11.8 Å². The summed E-state index contributed by atoms with van der Waals surface area (Å²) in [4.78, 5) is 28.5. The monoisotopic (exact) mass is 407 g/mol. The number of fused-ring (bicyclic) bond motifs is 3. The lowest BCUT2D eigenvalue weighted by Gasteiger charge is -2.43. The molecule has 2 aromatic rings. The van der Waals surface area contributed by atoms with Crippen molar-refractivity contribution in [1.29, 1.82) is 0 Å². The Labute approximate surface area is 177 Å².